The monoisotopic (exact) mass is 388 g/mol. The fourth-order valence-corrected chi connectivity index (χ4v) is 4.41. The maximum absolute atomic E-state index is 13.2. The van der Waals surface area contributed by atoms with E-state index in [4.69, 9.17) is 0 Å². The van der Waals surface area contributed by atoms with Crippen molar-refractivity contribution in [2.75, 3.05) is 6.54 Å². The largest absolute Gasteiger partial charge is 0.350 e. The predicted octanol–water partition coefficient (Wildman–Crippen LogP) is 3.32. The number of rotatable bonds is 4. The molecule has 0 spiro atoms. The van der Waals surface area contributed by atoms with Crippen LogP contribution in [0.5, 0.6) is 0 Å². The van der Waals surface area contributed by atoms with Crippen LogP contribution >= 0.6 is 12.4 Å². The molecule has 2 aliphatic rings. The zero-order valence-electron chi connectivity index (χ0n) is 15.7. The Morgan fingerprint density at radius 3 is 2.70 bits per heavy atom. The Kier molecular flexibility index (Phi) is 6.55. The number of carbonyl (C=O) groups is 1. The molecule has 0 unspecified atom stereocenters. The zero-order chi connectivity index (χ0) is 17.8. The average Bonchev–Trinajstić information content (AvgIpc) is 2.96. The van der Waals surface area contributed by atoms with Gasteiger partial charge >= 0.3 is 0 Å². The van der Waals surface area contributed by atoms with Gasteiger partial charge in [0.25, 0.3) is 0 Å². The topological polar surface area (TPSA) is 59.0 Å². The smallest absolute Gasteiger partial charge is 0.230 e. The summed E-state index contributed by atoms with van der Waals surface area (Å²) in [6.07, 6.45) is 6.43. The zero-order valence-corrected chi connectivity index (χ0v) is 16.6. The van der Waals surface area contributed by atoms with Crippen molar-refractivity contribution in [3.05, 3.63) is 53.3 Å². The normalized spacial score (nSPS) is 18.7. The van der Waals surface area contributed by atoms with Crippen LogP contribution in [0.1, 0.15) is 55.5 Å². The first kappa shape index (κ1) is 19.9. The van der Waals surface area contributed by atoms with Crippen molar-refractivity contribution >= 4 is 18.3 Å². The van der Waals surface area contributed by atoms with Gasteiger partial charge in [0.1, 0.15) is 0 Å². The van der Waals surface area contributed by atoms with Gasteiger partial charge in [-0.1, -0.05) is 49.6 Å². The van der Waals surface area contributed by atoms with Crippen molar-refractivity contribution in [1.82, 2.24) is 20.4 Å². The van der Waals surface area contributed by atoms with Crippen molar-refractivity contribution in [3.8, 4) is 0 Å². The molecule has 1 saturated carbocycles. The lowest BCUT2D eigenvalue weighted by atomic mass is 9.68. The Labute approximate surface area is 167 Å². The lowest BCUT2D eigenvalue weighted by Crippen LogP contribution is -2.45. The van der Waals surface area contributed by atoms with Gasteiger partial charge in [0.2, 0.25) is 5.91 Å². The average molecular weight is 389 g/mol. The summed E-state index contributed by atoms with van der Waals surface area (Å²) >= 11 is 0. The summed E-state index contributed by atoms with van der Waals surface area (Å²) < 4.78 is 2.08. The maximum Gasteiger partial charge on any atom is 0.230 e. The van der Waals surface area contributed by atoms with Gasteiger partial charge in [0.05, 0.1) is 23.3 Å². The minimum atomic E-state index is -0.377. The third-order valence-corrected chi connectivity index (χ3v) is 5.84. The Morgan fingerprint density at radius 2 is 1.93 bits per heavy atom. The molecule has 5 nitrogen and oxygen atoms in total. The number of nitrogens with one attached hydrogen (secondary N) is 2. The van der Waals surface area contributed by atoms with E-state index >= 15 is 0 Å². The number of halogens is 1. The van der Waals surface area contributed by atoms with E-state index < -0.39 is 0 Å². The van der Waals surface area contributed by atoms with Crippen LogP contribution in [0.25, 0.3) is 0 Å². The fourth-order valence-electron chi connectivity index (χ4n) is 4.41. The Balaban J connectivity index is 0.00000210. The second kappa shape index (κ2) is 8.89. The minimum absolute atomic E-state index is 0. The van der Waals surface area contributed by atoms with E-state index in [0.29, 0.717) is 6.54 Å². The lowest BCUT2D eigenvalue weighted by molar-refractivity contribution is -0.128. The molecule has 1 aromatic heterocycles. The standard InChI is InChI=1S/C21H28N4O.ClH/c26-20(21(10-5-2-6-11-21)17-8-3-1-4-9-17)23-15-18-14-19-16-22-12-7-13-25(19)24-18;/h1,3-4,8-9,14,22H,2,5-7,10-13,15-16H2,(H,23,26);1H. The highest BCUT2D eigenvalue weighted by Gasteiger charge is 2.40. The molecule has 0 radical (unpaired) electrons. The SMILES string of the molecule is Cl.O=C(NCc1cc2n(n1)CCCNC2)C1(c2ccccc2)CCCCC1. The van der Waals surface area contributed by atoms with Crippen molar-refractivity contribution in [3.63, 3.8) is 0 Å². The molecule has 1 amide bonds. The molecule has 2 aromatic rings. The summed E-state index contributed by atoms with van der Waals surface area (Å²) in [6.45, 7) is 3.35. The molecule has 1 fully saturated rings. The maximum atomic E-state index is 13.2. The van der Waals surface area contributed by atoms with Crippen LogP contribution in [0, 0.1) is 0 Å². The van der Waals surface area contributed by atoms with E-state index in [9.17, 15) is 4.79 Å². The van der Waals surface area contributed by atoms with Gasteiger partial charge in [-0.15, -0.1) is 12.4 Å². The fraction of sp³-hybridized carbons (Fsp3) is 0.524. The van der Waals surface area contributed by atoms with Crippen LogP contribution in [0.15, 0.2) is 36.4 Å². The highest BCUT2D eigenvalue weighted by molar-refractivity contribution is 5.88. The molecule has 1 aliphatic carbocycles. The van der Waals surface area contributed by atoms with Crippen LogP contribution in [-0.4, -0.2) is 22.2 Å². The van der Waals surface area contributed by atoms with E-state index in [0.717, 1.165) is 63.0 Å². The summed E-state index contributed by atoms with van der Waals surface area (Å²) in [7, 11) is 0. The highest BCUT2D eigenvalue weighted by atomic mass is 35.5. The summed E-state index contributed by atoms with van der Waals surface area (Å²) in [6, 6.07) is 12.4. The Hall–Kier alpha value is -1.85. The van der Waals surface area contributed by atoms with Gasteiger partial charge in [0, 0.05) is 13.1 Å². The first-order chi connectivity index (χ1) is 12.8. The lowest BCUT2D eigenvalue weighted by Gasteiger charge is -2.36. The molecule has 0 atom stereocenters. The molecule has 6 heteroatoms. The molecular formula is C21H29ClN4O. The molecule has 4 rings (SSSR count). The number of hydrogen-bond donors (Lipinski definition) is 2. The van der Waals surface area contributed by atoms with E-state index in [1.54, 1.807) is 0 Å². The van der Waals surface area contributed by atoms with Crippen molar-refractivity contribution < 1.29 is 4.79 Å². The van der Waals surface area contributed by atoms with Crippen LogP contribution in [-0.2, 0) is 29.8 Å². The summed E-state index contributed by atoms with van der Waals surface area (Å²) in [5, 5.41) is 11.3. The third-order valence-electron chi connectivity index (χ3n) is 5.84. The summed E-state index contributed by atoms with van der Waals surface area (Å²) in [4.78, 5) is 13.2. The van der Waals surface area contributed by atoms with E-state index in [2.05, 4.69) is 38.6 Å². The molecule has 1 aliphatic heterocycles. The minimum Gasteiger partial charge on any atom is -0.350 e. The molecule has 146 valence electrons. The van der Waals surface area contributed by atoms with Gasteiger partial charge in [0.15, 0.2) is 0 Å². The second-order valence-corrected chi connectivity index (χ2v) is 7.57. The Morgan fingerprint density at radius 1 is 1.15 bits per heavy atom. The predicted molar refractivity (Wildman–Crippen MR) is 109 cm³/mol. The molecule has 2 N–H and O–H groups in total. The first-order valence-corrected chi connectivity index (χ1v) is 9.88. The van der Waals surface area contributed by atoms with Crippen LogP contribution in [0.4, 0.5) is 0 Å². The number of carbonyl (C=O) groups excluding carboxylic acids is 1. The number of aromatic nitrogens is 2. The quantitative estimate of drug-likeness (QED) is 0.844. The van der Waals surface area contributed by atoms with E-state index in [1.807, 2.05) is 18.2 Å². The number of amides is 1. The molecular weight excluding hydrogens is 360 g/mol. The first-order valence-electron chi connectivity index (χ1n) is 9.88. The van der Waals surface area contributed by atoms with E-state index in [-0.39, 0.29) is 23.7 Å². The van der Waals surface area contributed by atoms with Gasteiger partial charge in [-0.25, -0.2) is 0 Å². The molecule has 1 aromatic carbocycles. The van der Waals surface area contributed by atoms with Crippen molar-refractivity contribution in [2.24, 2.45) is 0 Å². The Bertz CT molecular complexity index is 729. The molecule has 0 saturated heterocycles. The summed E-state index contributed by atoms with van der Waals surface area (Å²) in [5.74, 6) is 0.157. The molecule has 0 bridgehead atoms. The number of aryl methyl sites for hydroxylation is 1. The van der Waals surface area contributed by atoms with Crippen LogP contribution in [0.3, 0.4) is 0 Å². The number of benzene rings is 1. The highest BCUT2D eigenvalue weighted by Crippen LogP contribution is 2.39. The number of nitrogens with zero attached hydrogens (tertiary/aromatic N) is 2. The van der Waals surface area contributed by atoms with E-state index in [1.165, 1.54) is 12.1 Å². The van der Waals surface area contributed by atoms with Gasteiger partial charge < -0.3 is 10.6 Å². The third kappa shape index (κ3) is 4.19. The van der Waals surface area contributed by atoms with Crippen LogP contribution < -0.4 is 10.6 Å². The number of hydrogen-bond acceptors (Lipinski definition) is 3. The van der Waals surface area contributed by atoms with Crippen molar-refractivity contribution in [2.45, 2.75) is 63.6 Å². The second-order valence-electron chi connectivity index (χ2n) is 7.57. The van der Waals surface area contributed by atoms with Crippen LogP contribution in [0.2, 0.25) is 0 Å². The summed E-state index contributed by atoms with van der Waals surface area (Å²) in [5.41, 5.74) is 2.94. The number of fused-ring (bicyclic) bond motifs is 1. The molecule has 2 heterocycles. The van der Waals surface area contributed by atoms with Gasteiger partial charge in [-0.3, -0.25) is 9.48 Å². The van der Waals surface area contributed by atoms with Gasteiger partial charge in [-0.05, 0) is 37.4 Å². The molecule has 27 heavy (non-hydrogen) atoms. The van der Waals surface area contributed by atoms with Crippen molar-refractivity contribution in [1.29, 1.82) is 0 Å². The van der Waals surface area contributed by atoms with Gasteiger partial charge in [-0.2, -0.15) is 5.10 Å².